The lowest BCUT2D eigenvalue weighted by molar-refractivity contribution is -0.118. The van der Waals surface area contributed by atoms with Crippen LogP contribution in [0, 0.1) is 11.3 Å². The number of thioether (sulfide) groups is 1. The molecular weight excluding hydrogens is 338 g/mol. The third-order valence-electron chi connectivity index (χ3n) is 3.83. The molecule has 1 aliphatic heterocycles. The fourth-order valence-corrected chi connectivity index (χ4v) is 3.66. The van der Waals surface area contributed by atoms with Crippen molar-refractivity contribution in [2.45, 2.75) is 4.90 Å². The van der Waals surface area contributed by atoms with E-state index in [-0.39, 0.29) is 5.57 Å². The number of para-hydroxylation sites is 1. The second-order valence-electron chi connectivity index (χ2n) is 5.42. The number of carbonyl (C=O) groups is 2. The van der Waals surface area contributed by atoms with Crippen LogP contribution < -0.4 is 4.90 Å². The summed E-state index contributed by atoms with van der Waals surface area (Å²) < 4.78 is 6.67. The SMILES string of the molecule is CN1C(=C(C#N)C(=O)COC(=O)c2cccn2C)Sc2ccccc21. The first-order valence-electron chi connectivity index (χ1n) is 7.49. The zero-order valence-corrected chi connectivity index (χ0v) is 14.5. The van der Waals surface area contributed by atoms with E-state index < -0.39 is 18.4 Å². The molecule has 0 N–H and O–H groups in total. The third kappa shape index (κ3) is 3.16. The Hall–Kier alpha value is -2.98. The Balaban J connectivity index is 1.76. The van der Waals surface area contributed by atoms with Crippen LogP contribution in [0.3, 0.4) is 0 Å². The standard InChI is InChI=1S/C18H15N3O3S/c1-20-9-5-7-14(20)18(23)24-11-15(22)12(10-19)17-21(2)13-6-3-4-8-16(13)25-17/h3-9H,11H2,1-2H3. The number of nitriles is 1. The van der Waals surface area contributed by atoms with Crippen molar-refractivity contribution in [2.75, 3.05) is 18.6 Å². The highest BCUT2D eigenvalue weighted by Gasteiger charge is 2.28. The molecule has 1 aliphatic rings. The number of anilines is 1. The van der Waals surface area contributed by atoms with E-state index in [9.17, 15) is 14.9 Å². The molecule has 126 valence electrons. The minimum Gasteiger partial charge on any atom is -0.453 e. The summed E-state index contributed by atoms with van der Waals surface area (Å²) in [5, 5.41) is 9.98. The Morgan fingerprint density at radius 3 is 2.60 bits per heavy atom. The van der Waals surface area contributed by atoms with Gasteiger partial charge in [-0.2, -0.15) is 5.26 Å². The number of ketones is 1. The summed E-state index contributed by atoms with van der Waals surface area (Å²) in [5.74, 6) is -1.12. The minimum absolute atomic E-state index is 0.0108. The van der Waals surface area contributed by atoms with Crippen molar-refractivity contribution in [3.8, 4) is 6.07 Å². The normalized spacial score (nSPS) is 14.7. The number of hydrogen-bond donors (Lipinski definition) is 0. The van der Waals surface area contributed by atoms with Crippen molar-refractivity contribution in [3.63, 3.8) is 0 Å². The number of carbonyl (C=O) groups excluding carboxylic acids is 2. The van der Waals surface area contributed by atoms with E-state index >= 15 is 0 Å². The topological polar surface area (TPSA) is 75.3 Å². The summed E-state index contributed by atoms with van der Waals surface area (Å²) in [6.07, 6.45) is 1.71. The smallest absolute Gasteiger partial charge is 0.355 e. The van der Waals surface area contributed by atoms with Crippen molar-refractivity contribution in [3.05, 3.63) is 58.9 Å². The number of hydrogen-bond acceptors (Lipinski definition) is 6. The lowest BCUT2D eigenvalue weighted by Gasteiger charge is -2.14. The van der Waals surface area contributed by atoms with Gasteiger partial charge in [0.15, 0.2) is 6.61 Å². The summed E-state index contributed by atoms with van der Waals surface area (Å²) in [6, 6.07) is 12.9. The quantitative estimate of drug-likeness (QED) is 0.478. The van der Waals surface area contributed by atoms with Gasteiger partial charge in [0, 0.05) is 25.2 Å². The molecule has 0 saturated carbocycles. The number of benzene rings is 1. The van der Waals surface area contributed by atoms with Gasteiger partial charge in [0.25, 0.3) is 0 Å². The van der Waals surface area contributed by atoms with Crippen LogP contribution in [0.15, 0.2) is 58.1 Å². The molecule has 0 aliphatic carbocycles. The van der Waals surface area contributed by atoms with Gasteiger partial charge in [-0.3, -0.25) is 4.79 Å². The first-order valence-corrected chi connectivity index (χ1v) is 8.31. The number of Topliss-reactive ketones (excluding diaryl/α,β-unsaturated/α-hetero) is 1. The molecule has 3 rings (SSSR count). The van der Waals surface area contributed by atoms with Gasteiger partial charge in [0.05, 0.1) is 5.69 Å². The van der Waals surface area contributed by atoms with E-state index in [0.29, 0.717) is 10.7 Å². The number of ether oxygens (including phenoxy) is 1. The van der Waals surface area contributed by atoms with E-state index in [0.717, 1.165) is 10.6 Å². The molecule has 2 aromatic rings. The lowest BCUT2D eigenvalue weighted by Crippen LogP contribution is -2.20. The number of aryl methyl sites for hydroxylation is 1. The molecule has 0 amide bonds. The fourth-order valence-electron chi connectivity index (χ4n) is 2.50. The zero-order chi connectivity index (χ0) is 18.0. The molecule has 1 aromatic carbocycles. The average molecular weight is 353 g/mol. The molecule has 6 nitrogen and oxygen atoms in total. The van der Waals surface area contributed by atoms with E-state index in [1.807, 2.05) is 30.3 Å². The second kappa shape index (κ2) is 6.87. The van der Waals surface area contributed by atoms with Crippen LogP contribution >= 0.6 is 11.8 Å². The minimum atomic E-state index is -0.598. The van der Waals surface area contributed by atoms with Gasteiger partial charge in [-0.1, -0.05) is 23.9 Å². The van der Waals surface area contributed by atoms with Gasteiger partial charge in [-0.25, -0.2) is 4.79 Å². The van der Waals surface area contributed by atoms with E-state index in [4.69, 9.17) is 4.74 Å². The van der Waals surface area contributed by atoms with E-state index in [2.05, 4.69) is 0 Å². The molecule has 0 unspecified atom stereocenters. The molecule has 0 atom stereocenters. The van der Waals surface area contributed by atoms with Crippen molar-refractivity contribution in [1.29, 1.82) is 5.26 Å². The number of fused-ring (bicyclic) bond motifs is 1. The molecule has 0 bridgehead atoms. The van der Waals surface area contributed by atoms with Crippen molar-refractivity contribution in [2.24, 2.45) is 7.05 Å². The molecule has 25 heavy (non-hydrogen) atoms. The molecular formula is C18H15N3O3S. The molecule has 0 saturated heterocycles. The zero-order valence-electron chi connectivity index (χ0n) is 13.7. The molecule has 0 spiro atoms. The van der Waals surface area contributed by atoms with Crippen molar-refractivity contribution >= 4 is 29.2 Å². The van der Waals surface area contributed by atoms with Crippen LogP contribution in [0.5, 0.6) is 0 Å². The number of nitrogens with zero attached hydrogens (tertiary/aromatic N) is 3. The van der Waals surface area contributed by atoms with Crippen LogP contribution in [-0.2, 0) is 16.6 Å². The van der Waals surface area contributed by atoms with Gasteiger partial charge < -0.3 is 14.2 Å². The Kier molecular flexibility index (Phi) is 4.63. The maximum atomic E-state index is 12.4. The predicted octanol–water partition coefficient (Wildman–Crippen LogP) is 2.73. The van der Waals surface area contributed by atoms with Crippen molar-refractivity contribution in [1.82, 2.24) is 4.57 Å². The maximum absolute atomic E-state index is 12.4. The molecule has 2 heterocycles. The highest BCUT2D eigenvalue weighted by molar-refractivity contribution is 8.03. The first-order chi connectivity index (χ1) is 12.0. The lowest BCUT2D eigenvalue weighted by atomic mass is 10.2. The summed E-state index contributed by atoms with van der Waals surface area (Å²) >= 11 is 1.36. The van der Waals surface area contributed by atoms with Gasteiger partial charge in [-0.05, 0) is 24.3 Å². The molecule has 0 fully saturated rings. The maximum Gasteiger partial charge on any atom is 0.355 e. The van der Waals surface area contributed by atoms with Crippen LogP contribution in [0.4, 0.5) is 5.69 Å². The van der Waals surface area contributed by atoms with Crippen LogP contribution in [0.1, 0.15) is 10.5 Å². The number of aromatic nitrogens is 1. The largest absolute Gasteiger partial charge is 0.453 e. The Morgan fingerprint density at radius 2 is 1.96 bits per heavy atom. The van der Waals surface area contributed by atoms with Crippen molar-refractivity contribution < 1.29 is 14.3 Å². The second-order valence-corrected chi connectivity index (χ2v) is 6.46. The van der Waals surface area contributed by atoms with Crippen LogP contribution in [-0.4, -0.2) is 30.0 Å². The van der Waals surface area contributed by atoms with Gasteiger partial charge in [-0.15, -0.1) is 0 Å². The highest BCUT2D eigenvalue weighted by Crippen LogP contribution is 2.46. The van der Waals surface area contributed by atoms with Crippen LogP contribution in [0.2, 0.25) is 0 Å². The van der Waals surface area contributed by atoms with Gasteiger partial charge in [0.2, 0.25) is 5.78 Å². The number of rotatable bonds is 4. The Morgan fingerprint density at radius 1 is 1.20 bits per heavy atom. The van der Waals surface area contributed by atoms with Gasteiger partial charge >= 0.3 is 5.97 Å². The molecule has 1 aromatic heterocycles. The predicted molar refractivity (Wildman–Crippen MR) is 94.0 cm³/mol. The Bertz CT molecular complexity index is 924. The third-order valence-corrected chi connectivity index (χ3v) is 5.07. The first kappa shape index (κ1) is 16.9. The monoisotopic (exact) mass is 353 g/mol. The Labute approximate surface area is 149 Å². The van der Waals surface area contributed by atoms with E-state index in [1.165, 1.54) is 11.8 Å². The van der Waals surface area contributed by atoms with Gasteiger partial charge in [0.1, 0.15) is 22.4 Å². The molecule has 7 heteroatoms. The summed E-state index contributed by atoms with van der Waals surface area (Å²) in [5.41, 5.74) is 1.27. The van der Waals surface area contributed by atoms with Crippen LogP contribution in [0.25, 0.3) is 0 Å². The molecule has 0 radical (unpaired) electrons. The number of esters is 1. The summed E-state index contributed by atoms with van der Waals surface area (Å²) in [6.45, 7) is -0.471. The van der Waals surface area contributed by atoms with E-state index in [1.54, 1.807) is 41.9 Å². The summed E-state index contributed by atoms with van der Waals surface area (Å²) in [4.78, 5) is 27.2. The fraction of sp³-hybridized carbons (Fsp3) is 0.167. The average Bonchev–Trinajstić information content (AvgIpc) is 3.18. The summed E-state index contributed by atoms with van der Waals surface area (Å²) in [7, 11) is 3.51. The highest BCUT2D eigenvalue weighted by atomic mass is 32.2.